The van der Waals surface area contributed by atoms with Crippen LogP contribution >= 0.6 is 0 Å². The van der Waals surface area contributed by atoms with Crippen molar-refractivity contribution in [3.05, 3.63) is 0 Å². The van der Waals surface area contributed by atoms with Gasteiger partial charge in [0, 0.05) is 18.5 Å². The van der Waals surface area contributed by atoms with Crippen LogP contribution in [0.25, 0.3) is 0 Å². The van der Waals surface area contributed by atoms with Crippen LogP contribution in [0.3, 0.4) is 0 Å². The fourth-order valence-electron chi connectivity index (χ4n) is 0.582. The van der Waals surface area contributed by atoms with Crippen molar-refractivity contribution in [2.24, 2.45) is 0 Å². The van der Waals surface area contributed by atoms with E-state index in [0.29, 0.717) is 6.42 Å². The molecule has 0 saturated heterocycles. The Morgan fingerprint density at radius 1 is 1.50 bits per heavy atom. The van der Waals surface area contributed by atoms with Crippen LogP contribution in [0, 0.1) is 11.3 Å². The lowest BCUT2D eigenvalue weighted by atomic mass is 10.0. The summed E-state index contributed by atoms with van der Waals surface area (Å²) >= 11 is 0. The van der Waals surface area contributed by atoms with E-state index in [1.165, 1.54) is 0 Å². The zero-order valence-electron chi connectivity index (χ0n) is 7.07. The van der Waals surface area contributed by atoms with E-state index in [1.807, 2.05) is 0 Å². The quantitative estimate of drug-likeness (QED) is 0.603. The van der Waals surface area contributed by atoms with Crippen LogP contribution in [0.15, 0.2) is 0 Å². The predicted octanol–water partition coefficient (Wildman–Crippen LogP) is 1.68. The van der Waals surface area contributed by atoms with Gasteiger partial charge in [-0.15, -0.1) is 0 Å². The zero-order valence-corrected chi connectivity index (χ0v) is 7.07. The topological polar surface area (TPSA) is 35.8 Å². The first-order chi connectivity index (χ1) is 4.62. The maximum absolute atomic E-state index is 8.25. The molecule has 0 aliphatic carbocycles. The Balaban J connectivity index is 3.39. The van der Waals surface area contributed by atoms with Crippen LogP contribution in [0.2, 0.25) is 0 Å². The Kier molecular flexibility index (Phi) is 4.06. The van der Waals surface area contributed by atoms with E-state index in [-0.39, 0.29) is 5.54 Å². The van der Waals surface area contributed by atoms with Gasteiger partial charge in [-0.1, -0.05) is 6.92 Å². The third-order valence-electron chi connectivity index (χ3n) is 1.72. The van der Waals surface area contributed by atoms with Crippen LogP contribution in [-0.4, -0.2) is 12.1 Å². The Hall–Kier alpha value is -0.550. The van der Waals surface area contributed by atoms with Gasteiger partial charge in [-0.25, -0.2) is 0 Å². The highest BCUT2D eigenvalue weighted by Crippen LogP contribution is 2.05. The van der Waals surface area contributed by atoms with Gasteiger partial charge in [0.15, 0.2) is 0 Å². The highest BCUT2D eigenvalue weighted by atomic mass is 14.9. The molecule has 0 aliphatic rings. The van der Waals surface area contributed by atoms with Gasteiger partial charge >= 0.3 is 0 Å². The van der Waals surface area contributed by atoms with Crippen molar-refractivity contribution in [2.75, 3.05) is 6.54 Å². The fraction of sp³-hybridized carbons (Fsp3) is 0.875. The molecule has 2 heteroatoms. The summed E-state index contributed by atoms with van der Waals surface area (Å²) in [7, 11) is 0. The molecule has 0 spiro atoms. The fourth-order valence-corrected chi connectivity index (χ4v) is 0.582. The minimum Gasteiger partial charge on any atom is -0.311 e. The first kappa shape index (κ1) is 9.45. The molecular formula is C8H16N2. The molecule has 1 N–H and O–H groups in total. The molecule has 0 heterocycles. The van der Waals surface area contributed by atoms with Crippen molar-refractivity contribution >= 4 is 0 Å². The van der Waals surface area contributed by atoms with Gasteiger partial charge in [0.2, 0.25) is 0 Å². The summed E-state index contributed by atoms with van der Waals surface area (Å²) in [5.41, 5.74) is 0.191. The first-order valence-corrected chi connectivity index (χ1v) is 3.74. The molecule has 58 valence electrons. The molecule has 10 heavy (non-hydrogen) atoms. The molecule has 0 atom stereocenters. The monoisotopic (exact) mass is 140 g/mol. The molecule has 0 fully saturated rings. The molecule has 0 bridgehead atoms. The van der Waals surface area contributed by atoms with Gasteiger partial charge < -0.3 is 5.32 Å². The first-order valence-electron chi connectivity index (χ1n) is 3.74. The Morgan fingerprint density at radius 3 is 2.50 bits per heavy atom. The summed E-state index contributed by atoms with van der Waals surface area (Å²) in [6.45, 7) is 7.23. The van der Waals surface area contributed by atoms with Crippen molar-refractivity contribution in [1.29, 1.82) is 5.26 Å². The van der Waals surface area contributed by atoms with E-state index in [4.69, 9.17) is 5.26 Å². The lowest BCUT2D eigenvalue weighted by molar-refractivity contribution is 0.381. The molecule has 0 saturated carbocycles. The molecule has 0 rings (SSSR count). The third-order valence-corrected chi connectivity index (χ3v) is 1.72. The highest BCUT2D eigenvalue weighted by Gasteiger charge is 2.11. The van der Waals surface area contributed by atoms with Gasteiger partial charge in [0.1, 0.15) is 0 Å². The number of hydrogen-bond acceptors (Lipinski definition) is 2. The van der Waals surface area contributed by atoms with Crippen LogP contribution in [0.1, 0.15) is 33.6 Å². The van der Waals surface area contributed by atoms with E-state index in [0.717, 1.165) is 13.0 Å². The largest absolute Gasteiger partial charge is 0.311 e. The van der Waals surface area contributed by atoms with Gasteiger partial charge in [-0.05, 0) is 20.3 Å². The van der Waals surface area contributed by atoms with Crippen LogP contribution in [-0.2, 0) is 0 Å². The second-order valence-electron chi connectivity index (χ2n) is 3.07. The second kappa shape index (κ2) is 4.29. The maximum Gasteiger partial charge on any atom is 0.0635 e. The van der Waals surface area contributed by atoms with Crippen molar-refractivity contribution in [1.82, 2.24) is 5.32 Å². The Bertz CT molecular complexity index is 122. The smallest absolute Gasteiger partial charge is 0.0635 e. The second-order valence-corrected chi connectivity index (χ2v) is 3.07. The minimum absolute atomic E-state index is 0.191. The Labute approximate surface area is 63.2 Å². The maximum atomic E-state index is 8.25. The number of nitrogens with one attached hydrogen (secondary N) is 1. The SMILES string of the molecule is CCC(C)(C)NCCC#N. The van der Waals surface area contributed by atoms with Crippen molar-refractivity contribution in [3.63, 3.8) is 0 Å². The van der Waals surface area contributed by atoms with Gasteiger partial charge in [-0.3, -0.25) is 0 Å². The molecular weight excluding hydrogens is 124 g/mol. The van der Waals surface area contributed by atoms with Crippen molar-refractivity contribution in [3.8, 4) is 6.07 Å². The molecule has 0 aliphatic heterocycles. The number of nitriles is 1. The van der Waals surface area contributed by atoms with E-state index >= 15 is 0 Å². The molecule has 0 aromatic carbocycles. The zero-order chi connectivity index (χ0) is 8.04. The average Bonchev–Trinajstić information content (AvgIpc) is 1.89. The summed E-state index contributed by atoms with van der Waals surface area (Å²) < 4.78 is 0. The van der Waals surface area contributed by atoms with E-state index in [9.17, 15) is 0 Å². The van der Waals surface area contributed by atoms with Gasteiger partial charge in [0.05, 0.1) is 6.07 Å². The highest BCUT2D eigenvalue weighted by molar-refractivity contribution is 4.78. The predicted molar refractivity (Wildman–Crippen MR) is 42.6 cm³/mol. The van der Waals surface area contributed by atoms with E-state index in [1.54, 1.807) is 0 Å². The molecule has 0 radical (unpaired) electrons. The van der Waals surface area contributed by atoms with E-state index in [2.05, 4.69) is 32.2 Å². The molecule has 0 unspecified atom stereocenters. The summed E-state index contributed by atoms with van der Waals surface area (Å²) in [4.78, 5) is 0. The normalized spacial score (nSPS) is 11.0. The average molecular weight is 140 g/mol. The minimum atomic E-state index is 0.191. The summed E-state index contributed by atoms with van der Waals surface area (Å²) in [6, 6.07) is 2.10. The summed E-state index contributed by atoms with van der Waals surface area (Å²) in [6.07, 6.45) is 1.70. The summed E-state index contributed by atoms with van der Waals surface area (Å²) in [5.74, 6) is 0. The van der Waals surface area contributed by atoms with E-state index < -0.39 is 0 Å². The standard InChI is InChI=1S/C8H16N2/c1-4-8(2,3)10-7-5-6-9/h10H,4-5,7H2,1-3H3. The van der Waals surface area contributed by atoms with Crippen LogP contribution in [0.4, 0.5) is 0 Å². The molecule has 0 aromatic rings. The van der Waals surface area contributed by atoms with Gasteiger partial charge in [-0.2, -0.15) is 5.26 Å². The lowest BCUT2D eigenvalue weighted by Crippen LogP contribution is -2.38. The van der Waals surface area contributed by atoms with Crippen molar-refractivity contribution < 1.29 is 0 Å². The van der Waals surface area contributed by atoms with Crippen LogP contribution < -0.4 is 5.32 Å². The van der Waals surface area contributed by atoms with Gasteiger partial charge in [0.25, 0.3) is 0 Å². The molecule has 0 amide bonds. The van der Waals surface area contributed by atoms with Crippen LogP contribution in [0.5, 0.6) is 0 Å². The number of rotatable bonds is 4. The third kappa shape index (κ3) is 4.34. The Morgan fingerprint density at radius 2 is 2.10 bits per heavy atom. The summed E-state index contributed by atoms with van der Waals surface area (Å²) in [5, 5.41) is 11.5. The number of hydrogen-bond donors (Lipinski definition) is 1. The molecule has 2 nitrogen and oxygen atoms in total. The van der Waals surface area contributed by atoms with Crippen molar-refractivity contribution in [2.45, 2.75) is 39.2 Å². The lowest BCUT2D eigenvalue weighted by Gasteiger charge is -2.23. The number of nitrogens with zero attached hydrogens (tertiary/aromatic N) is 1. The molecule has 0 aromatic heterocycles.